The van der Waals surface area contributed by atoms with Crippen LogP contribution in [-0.2, 0) is 4.74 Å². The first-order chi connectivity index (χ1) is 6.79. The van der Waals surface area contributed by atoms with Crippen molar-refractivity contribution in [3.05, 3.63) is 17.0 Å². The smallest absolute Gasteiger partial charge is 0.174 e. The van der Waals surface area contributed by atoms with Crippen LogP contribution in [0.3, 0.4) is 0 Å². The molecule has 2 heterocycles. The zero-order valence-electron chi connectivity index (χ0n) is 7.77. The van der Waals surface area contributed by atoms with E-state index in [9.17, 15) is 0 Å². The van der Waals surface area contributed by atoms with Crippen LogP contribution in [0.4, 0.5) is 0 Å². The number of hydrogen-bond acceptors (Lipinski definition) is 5. The van der Waals surface area contributed by atoms with Crippen molar-refractivity contribution in [1.82, 2.24) is 0 Å². The average molecular weight is 213 g/mol. The van der Waals surface area contributed by atoms with Gasteiger partial charge < -0.3 is 14.7 Å². The summed E-state index contributed by atoms with van der Waals surface area (Å²) in [6, 6.07) is 3.75. The Morgan fingerprint density at radius 3 is 3.21 bits per heavy atom. The van der Waals surface area contributed by atoms with E-state index in [1.807, 2.05) is 12.1 Å². The van der Waals surface area contributed by atoms with Gasteiger partial charge in [-0.2, -0.15) is 0 Å². The lowest BCUT2D eigenvalue weighted by Crippen LogP contribution is -2.02. The maximum Gasteiger partial charge on any atom is 0.174 e. The van der Waals surface area contributed by atoms with Gasteiger partial charge in [0.05, 0.1) is 17.2 Å². The van der Waals surface area contributed by atoms with Gasteiger partial charge in [-0.1, -0.05) is 16.5 Å². The normalized spacial score (nSPS) is 20.9. The van der Waals surface area contributed by atoms with E-state index < -0.39 is 0 Å². The quantitative estimate of drug-likeness (QED) is 0.358. The molecule has 1 aliphatic heterocycles. The molecule has 1 unspecified atom stereocenters. The number of ether oxygens (including phenoxy) is 2. The van der Waals surface area contributed by atoms with E-state index in [-0.39, 0.29) is 6.10 Å². The van der Waals surface area contributed by atoms with Crippen molar-refractivity contribution in [3.8, 4) is 5.06 Å². The highest BCUT2D eigenvalue weighted by Crippen LogP contribution is 2.26. The van der Waals surface area contributed by atoms with E-state index in [0.717, 1.165) is 16.5 Å². The standard InChI is InChI=1S/C9H11NO3S/c1-6(10-11)8-2-3-9(14-8)13-5-7-4-12-7/h2-3,7,11H,4-5H2,1H3/b10-6-. The highest BCUT2D eigenvalue weighted by atomic mass is 32.1. The molecule has 0 bridgehead atoms. The molecule has 0 amide bonds. The molecule has 0 saturated carbocycles. The fourth-order valence-corrected chi connectivity index (χ4v) is 1.79. The Bertz CT molecular complexity index is 344. The summed E-state index contributed by atoms with van der Waals surface area (Å²) in [7, 11) is 0. The predicted octanol–water partition coefficient (Wildman–Crippen LogP) is 1.72. The third kappa shape index (κ3) is 2.24. The molecule has 2 rings (SSSR count). The van der Waals surface area contributed by atoms with Gasteiger partial charge in [-0.25, -0.2) is 0 Å². The first-order valence-electron chi connectivity index (χ1n) is 4.33. The molecule has 5 heteroatoms. The Morgan fingerprint density at radius 1 is 1.79 bits per heavy atom. The molecule has 0 aliphatic carbocycles. The Balaban J connectivity index is 1.94. The van der Waals surface area contributed by atoms with Gasteiger partial charge in [0, 0.05) is 0 Å². The summed E-state index contributed by atoms with van der Waals surface area (Å²) in [5, 5.41) is 12.5. The van der Waals surface area contributed by atoms with Gasteiger partial charge in [0.2, 0.25) is 0 Å². The van der Waals surface area contributed by atoms with Gasteiger partial charge in [0.1, 0.15) is 12.7 Å². The van der Waals surface area contributed by atoms with Crippen LogP contribution in [0.2, 0.25) is 0 Å². The van der Waals surface area contributed by atoms with Crippen molar-refractivity contribution in [2.24, 2.45) is 5.16 Å². The van der Waals surface area contributed by atoms with E-state index in [1.165, 1.54) is 11.3 Å². The summed E-state index contributed by atoms with van der Waals surface area (Å²) < 4.78 is 10.5. The van der Waals surface area contributed by atoms with Gasteiger partial charge in [0.25, 0.3) is 0 Å². The van der Waals surface area contributed by atoms with Crippen LogP contribution >= 0.6 is 11.3 Å². The number of epoxide rings is 1. The molecule has 1 atom stereocenters. The molecular formula is C9H11NO3S. The Morgan fingerprint density at radius 2 is 2.57 bits per heavy atom. The summed E-state index contributed by atoms with van der Waals surface area (Å²) >= 11 is 1.47. The summed E-state index contributed by atoms with van der Waals surface area (Å²) in [5.74, 6) is 0. The largest absolute Gasteiger partial charge is 0.481 e. The van der Waals surface area contributed by atoms with Gasteiger partial charge in [-0.15, -0.1) is 0 Å². The second kappa shape index (κ2) is 3.98. The highest BCUT2D eigenvalue weighted by molar-refractivity contribution is 7.15. The number of thiophene rings is 1. The summed E-state index contributed by atoms with van der Waals surface area (Å²) in [5.41, 5.74) is 0.604. The molecular weight excluding hydrogens is 202 g/mol. The molecule has 1 aromatic rings. The van der Waals surface area contributed by atoms with Crippen molar-refractivity contribution in [2.75, 3.05) is 13.2 Å². The molecule has 1 saturated heterocycles. The van der Waals surface area contributed by atoms with Crippen molar-refractivity contribution in [2.45, 2.75) is 13.0 Å². The van der Waals surface area contributed by atoms with E-state index in [4.69, 9.17) is 14.7 Å². The lowest BCUT2D eigenvalue weighted by molar-refractivity contribution is 0.269. The predicted molar refractivity (Wildman–Crippen MR) is 53.6 cm³/mol. The molecule has 0 aromatic carbocycles. The minimum Gasteiger partial charge on any atom is -0.481 e. The Kier molecular flexibility index (Phi) is 2.69. The van der Waals surface area contributed by atoms with Gasteiger partial charge >= 0.3 is 0 Å². The minimum atomic E-state index is 0.271. The van der Waals surface area contributed by atoms with Crippen LogP contribution < -0.4 is 4.74 Å². The van der Waals surface area contributed by atoms with Gasteiger partial charge in [0.15, 0.2) is 5.06 Å². The number of rotatable bonds is 4. The van der Waals surface area contributed by atoms with Crippen LogP contribution in [0, 0.1) is 0 Å². The van der Waals surface area contributed by atoms with Gasteiger partial charge in [-0.05, 0) is 19.1 Å². The molecule has 4 nitrogen and oxygen atoms in total. The third-order valence-electron chi connectivity index (χ3n) is 1.90. The number of hydrogen-bond donors (Lipinski definition) is 1. The highest BCUT2D eigenvalue weighted by Gasteiger charge is 2.23. The van der Waals surface area contributed by atoms with Crippen LogP contribution in [0.25, 0.3) is 0 Å². The second-order valence-electron chi connectivity index (χ2n) is 3.07. The zero-order chi connectivity index (χ0) is 9.97. The van der Waals surface area contributed by atoms with Crippen molar-refractivity contribution >= 4 is 17.0 Å². The molecule has 1 aromatic heterocycles. The third-order valence-corrected chi connectivity index (χ3v) is 3.01. The average Bonchev–Trinajstić information content (AvgIpc) is 2.92. The van der Waals surface area contributed by atoms with Crippen LogP contribution in [0.5, 0.6) is 5.06 Å². The lowest BCUT2D eigenvalue weighted by Gasteiger charge is -1.98. The SMILES string of the molecule is C/C(=N/O)c1ccc(OCC2CO2)s1. The van der Waals surface area contributed by atoms with Gasteiger partial charge in [-0.3, -0.25) is 0 Å². The maximum atomic E-state index is 8.56. The van der Waals surface area contributed by atoms with Crippen LogP contribution in [-0.4, -0.2) is 30.2 Å². The molecule has 14 heavy (non-hydrogen) atoms. The van der Waals surface area contributed by atoms with E-state index in [1.54, 1.807) is 6.92 Å². The summed E-state index contributed by atoms with van der Waals surface area (Å²) in [6.07, 6.45) is 0.271. The number of oxime groups is 1. The minimum absolute atomic E-state index is 0.271. The fourth-order valence-electron chi connectivity index (χ4n) is 0.981. The second-order valence-corrected chi connectivity index (χ2v) is 4.12. The van der Waals surface area contributed by atoms with Crippen molar-refractivity contribution in [3.63, 3.8) is 0 Å². The lowest BCUT2D eigenvalue weighted by atomic mass is 10.3. The van der Waals surface area contributed by atoms with Crippen LogP contribution in [0.15, 0.2) is 17.3 Å². The zero-order valence-corrected chi connectivity index (χ0v) is 8.58. The first kappa shape index (κ1) is 9.48. The summed E-state index contributed by atoms with van der Waals surface area (Å²) in [6.45, 7) is 3.16. The first-order valence-corrected chi connectivity index (χ1v) is 5.14. The molecule has 0 radical (unpaired) electrons. The molecule has 1 aliphatic rings. The van der Waals surface area contributed by atoms with E-state index in [0.29, 0.717) is 12.3 Å². The molecule has 1 fully saturated rings. The van der Waals surface area contributed by atoms with E-state index in [2.05, 4.69) is 5.16 Å². The Labute approximate surface area is 85.8 Å². The van der Waals surface area contributed by atoms with Crippen LogP contribution in [0.1, 0.15) is 11.8 Å². The maximum absolute atomic E-state index is 8.56. The van der Waals surface area contributed by atoms with Crippen molar-refractivity contribution in [1.29, 1.82) is 0 Å². The fraction of sp³-hybridized carbons (Fsp3) is 0.444. The molecule has 76 valence electrons. The summed E-state index contributed by atoms with van der Waals surface area (Å²) in [4.78, 5) is 0.916. The van der Waals surface area contributed by atoms with E-state index >= 15 is 0 Å². The topological polar surface area (TPSA) is 54.4 Å². The molecule has 1 N–H and O–H groups in total. The number of nitrogens with zero attached hydrogens (tertiary/aromatic N) is 1. The Hall–Kier alpha value is -1.07. The monoisotopic (exact) mass is 213 g/mol. The molecule has 0 spiro atoms. The van der Waals surface area contributed by atoms with Crippen molar-refractivity contribution < 1.29 is 14.7 Å².